The second-order valence-corrected chi connectivity index (χ2v) is 7.18. The predicted octanol–water partition coefficient (Wildman–Crippen LogP) is 3.84. The smallest absolute Gasteiger partial charge is 0.434 e. The molecule has 0 saturated carbocycles. The fourth-order valence-corrected chi connectivity index (χ4v) is 3.04. The molecule has 3 N–H and O–H groups in total. The molecule has 0 saturated heterocycles. The van der Waals surface area contributed by atoms with Crippen molar-refractivity contribution < 1.29 is 9.26 Å². The summed E-state index contributed by atoms with van der Waals surface area (Å²) in [5.74, 6) is 0.0527. The Labute approximate surface area is 169 Å². The number of benzene rings is 1. The first kappa shape index (κ1) is 20.0. The number of hydrogen-bond acceptors (Lipinski definition) is 7. The molecular formula is C17H17Cl2N5O4. The van der Waals surface area contributed by atoms with Crippen LogP contribution in [0.15, 0.2) is 32.3 Å². The lowest BCUT2D eigenvalue weighted by Crippen LogP contribution is -2.15. The van der Waals surface area contributed by atoms with E-state index < -0.39 is 5.76 Å². The van der Waals surface area contributed by atoms with Crippen molar-refractivity contribution in [2.45, 2.75) is 32.7 Å². The van der Waals surface area contributed by atoms with Crippen LogP contribution in [-0.2, 0) is 0 Å². The molecule has 0 aliphatic rings. The van der Waals surface area contributed by atoms with Gasteiger partial charge in [-0.2, -0.15) is 0 Å². The summed E-state index contributed by atoms with van der Waals surface area (Å²) in [6.07, 6.45) is 0. The van der Waals surface area contributed by atoms with E-state index in [1.165, 1.54) is 0 Å². The zero-order valence-electron chi connectivity index (χ0n) is 15.2. The molecule has 0 aliphatic heterocycles. The average Bonchev–Trinajstić information content (AvgIpc) is 3.06. The number of aromatic amines is 2. The van der Waals surface area contributed by atoms with Gasteiger partial charge < -0.3 is 10.1 Å². The fraction of sp³-hybridized carbons (Fsp3) is 0.294. The van der Waals surface area contributed by atoms with Gasteiger partial charge in [-0.25, -0.2) is 9.89 Å². The Kier molecular flexibility index (Phi) is 5.76. The van der Waals surface area contributed by atoms with E-state index in [1.54, 1.807) is 25.1 Å². The van der Waals surface area contributed by atoms with Gasteiger partial charge in [-0.05, 0) is 25.0 Å². The van der Waals surface area contributed by atoms with E-state index in [0.29, 0.717) is 17.1 Å². The topological polar surface area (TPSA) is 126 Å². The fourth-order valence-electron chi connectivity index (χ4n) is 2.47. The predicted molar refractivity (Wildman–Crippen MR) is 105 cm³/mol. The normalized spacial score (nSPS) is 12.2. The minimum atomic E-state index is -0.641. The summed E-state index contributed by atoms with van der Waals surface area (Å²) in [4.78, 5) is 25.3. The second kappa shape index (κ2) is 8.07. The van der Waals surface area contributed by atoms with Crippen LogP contribution in [-0.4, -0.2) is 20.3 Å². The van der Waals surface area contributed by atoms with Gasteiger partial charge in [0.2, 0.25) is 5.88 Å². The summed E-state index contributed by atoms with van der Waals surface area (Å²) >= 11 is 12.6. The maximum Gasteiger partial charge on any atom is 0.438 e. The first-order valence-corrected chi connectivity index (χ1v) is 9.09. The number of ether oxygens (including phenoxy) is 1. The Morgan fingerprint density at radius 1 is 1.14 bits per heavy atom. The lowest BCUT2D eigenvalue weighted by atomic mass is 10.1. The van der Waals surface area contributed by atoms with Gasteiger partial charge in [0.05, 0.1) is 16.1 Å². The number of nitrogens with one attached hydrogen (secondary N) is 3. The van der Waals surface area contributed by atoms with Crippen molar-refractivity contribution in [3.05, 3.63) is 60.5 Å². The highest BCUT2D eigenvalue weighted by atomic mass is 35.5. The van der Waals surface area contributed by atoms with E-state index in [2.05, 4.69) is 30.2 Å². The van der Waals surface area contributed by atoms with Crippen molar-refractivity contribution in [2.75, 3.05) is 5.32 Å². The Morgan fingerprint density at radius 2 is 1.82 bits per heavy atom. The summed E-state index contributed by atoms with van der Waals surface area (Å²) in [6.45, 7) is 5.55. The first-order chi connectivity index (χ1) is 13.2. The number of hydrogen-bond donors (Lipinski definition) is 3. The second-order valence-electron chi connectivity index (χ2n) is 6.36. The molecule has 0 spiro atoms. The molecule has 1 atom stereocenters. The van der Waals surface area contributed by atoms with Gasteiger partial charge >= 0.3 is 5.76 Å². The maximum atomic E-state index is 11.8. The molecule has 0 bridgehead atoms. The number of H-pyrrole nitrogens is 2. The summed E-state index contributed by atoms with van der Waals surface area (Å²) in [5.41, 5.74) is 0.834. The van der Waals surface area contributed by atoms with Crippen LogP contribution in [0.4, 0.5) is 5.69 Å². The molecule has 3 rings (SSSR count). The average molecular weight is 426 g/mol. The van der Waals surface area contributed by atoms with E-state index in [1.807, 2.05) is 13.8 Å². The lowest BCUT2D eigenvalue weighted by Gasteiger charge is -2.15. The number of rotatable bonds is 6. The molecule has 9 nitrogen and oxygen atoms in total. The first-order valence-electron chi connectivity index (χ1n) is 8.33. The third-order valence-corrected chi connectivity index (χ3v) is 4.45. The van der Waals surface area contributed by atoms with Gasteiger partial charge in [0.15, 0.2) is 11.6 Å². The van der Waals surface area contributed by atoms with E-state index in [9.17, 15) is 9.59 Å². The molecule has 0 fully saturated rings. The van der Waals surface area contributed by atoms with E-state index in [-0.39, 0.29) is 39.2 Å². The van der Waals surface area contributed by atoms with Crippen molar-refractivity contribution in [2.24, 2.45) is 0 Å². The standard InChI is InChI=1S/C17H17Cl2N5O4/c1-7(2)10-6-13(22-23-16(10)25)27-14-11(18)4-9(5-12(14)19)20-8(3)15-21-17(26)28-24-15/h4-8,20H,1-3H3,(H,23,25)(H,21,24,26). The van der Waals surface area contributed by atoms with Crippen LogP contribution >= 0.6 is 23.2 Å². The highest BCUT2D eigenvalue weighted by Gasteiger charge is 2.16. The minimum absolute atomic E-state index is 0.00363. The molecule has 148 valence electrons. The number of halogens is 2. The zero-order chi connectivity index (χ0) is 20.4. The van der Waals surface area contributed by atoms with Crippen LogP contribution in [0.1, 0.15) is 44.1 Å². The molecule has 0 amide bonds. The highest BCUT2D eigenvalue weighted by molar-refractivity contribution is 6.37. The van der Waals surface area contributed by atoms with Crippen molar-refractivity contribution in [3.63, 3.8) is 0 Å². The summed E-state index contributed by atoms with van der Waals surface area (Å²) < 4.78 is 10.2. The molecule has 0 radical (unpaired) electrons. The van der Waals surface area contributed by atoms with E-state index >= 15 is 0 Å². The Hall–Kier alpha value is -2.78. The molecule has 11 heteroatoms. The van der Waals surface area contributed by atoms with Gasteiger partial charge in [-0.1, -0.05) is 42.2 Å². The Morgan fingerprint density at radius 3 is 2.39 bits per heavy atom. The van der Waals surface area contributed by atoms with Crippen LogP contribution in [0, 0.1) is 0 Å². The van der Waals surface area contributed by atoms with Crippen LogP contribution in [0.2, 0.25) is 10.0 Å². The van der Waals surface area contributed by atoms with Crippen molar-refractivity contribution in [1.82, 2.24) is 20.3 Å². The lowest BCUT2D eigenvalue weighted by molar-refractivity contribution is 0.379. The third kappa shape index (κ3) is 4.37. The van der Waals surface area contributed by atoms with Crippen molar-refractivity contribution in [3.8, 4) is 11.6 Å². The van der Waals surface area contributed by atoms with Crippen molar-refractivity contribution >= 4 is 28.9 Å². The Bertz CT molecular complexity index is 1080. The zero-order valence-corrected chi connectivity index (χ0v) is 16.7. The third-order valence-electron chi connectivity index (χ3n) is 3.89. The summed E-state index contributed by atoms with van der Waals surface area (Å²) in [7, 11) is 0. The highest BCUT2D eigenvalue weighted by Crippen LogP contribution is 2.39. The van der Waals surface area contributed by atoms with E-state index in [0.717, 1.165) is 0 Å². The van der Waals surface area contributed by atoms with Gasteiger partial charge in [0, 0.05) is 17.3 Å². The SMILES string of the molecule is CC(C)c1cc(Oc2c(Cl)cc(NC(C)c3noc(=O)[nH]3)cc2Cl)n[nH]c1=O. The van der Waals surface area contributed by atoms with Gasteiger partial charge in [-0.3, -0.25) is 14.3 Å². The van der Waals surface area contributed by atoms with Gasteiger partial charge in [0.25, 0.3) is 5.56 Å². The molecule has 2 aromatic heterocycles. The number of anilines is 1. The van der Waals surface area contributed by atoms with Gasteiger partial charge in [-0.15, -0.1) is 5.10 Å². The van der Waals surface area contributed by atoms with Crippen LogP contribution in [0.5, 0.6) is 11.6 Å². The van der Waals surface area contributed by atoms with Crippen molar-refractivity contribution in [1.29, 1.82) is 0 Å². The quantitative estimate of drug-likeness (QED) is 0.547. The van der Waals surface area contributed by atoms with Crippen LogP contribution in [0.3, 0.4) is 0 Å². The number of aromatic nitrogens is 4. The molecule has 1 unspecified atom stereocenters. The molecule has 3 aromatic rings. The maximum absolute atomic E-state index is 11.8. The molecular weight excluding hydrogens is 409 g/mol. The largest absolute Gasteiger partial charge is 0.438 e. The van der Waals surface area contributed by atoms with E-state index in [4.69, 9.17) is 27.9 Å². The summed E-state index contributed by atoms with van der Waals surface area (Å²) in [6, 6.07) is 4.39. The minimum Gasteiger partial charge on any atom is -0.434 e. The monoisotopic (exact) mass is 425 g/mol. The molecule has 0 aliphatic carbocycles. The Balaban J connectivity index is 1.83. The van der Waals surface area contributed by atoms with Gasteiger partial charge in [0.1, 0.15) is 0 Å². The van der Waals surface area contributed by atoms with Crippen LogP contribution < -0.4 is 21.4 Å². The summed E-state index contributed by atoms with van der Waals surface area (Å²) in [5, 5.41) is 13.4. The molecule has 1 aromatic carbocycles. The molecule has 28 heavy (non-hydrogen) atoms. The van der Waals surface area contributed by atoms with Crippen LogP contribution in [0.25, 0.3) is 0 Å². The number of nitrogens with zero attached hydrogens (tertiary/aromatic N) is 2. The molecule has 2 heterocycles.